The Morgan fingerprint density at radius 3 is 2.82 bits per heavy atom. The molecule has 9 heteroatoms. The lowest BCUT2D eigenvalue weighted by Crippen LogP contribution is -2.24. The standard InChI is InChI=1S/C8H6N4O4S/c13-6-4-11(8(14)10-6)9-3-5-1-2-7(17-5)12(15)16/h1-3H,4H2,(H,10,13,14). The zero-order valence-corrected chi connectivity index (χ0v) is 9.14. The smallest absolute Gasteiger partial charge is 0.275 e. The monoisotopic (exact) mass is 254 g/mol. The summed E-state index contributed by atoms with van der Waals surface area (Å²) in [5.41, 5.74) is 0. The maximum Gasteiger partial charge on any atom is 0.344 e. The van der Waals surface area contributed by atoms with E-state index in [4.69, 9.17) is 0 Å². The number of imide groups is 1. The number of rotatable bonds is 3. The van der Waals surface area contributed by atoms with Gasteiger partial charge in [-0.25, -0.2) is 9.80 Å². The molecule has 0 spiro atoms. The van der Waals surface area contributed by atoms with Crippen LogP contribution < -0.4 is 5.32 Å². The minimum absolute atomic E-state index is 0.00611. The van der Waals surface area contributed by atoms with Gasteiger partial charge >= 0.3 is 11.0 Å². The van der Waals surface area contributed by atoms with Gasteiger partial charge in [0.15, 0.2) is 0 Å². The van der Waals surface area contributed by atoms with Gasteiger partial charge in [0.05, 0.1) is 16.0 Å². The number of hydrogen-bond acceptors (Lipinski definition) is 6. The van der Waals surface area contributed by atoms with E-state index < -0.39 is 16.9 Å². The molecule has 1 aromatic rings. The normalized spacial score (nSPS) is 15.6. The van der Waals surface area contributed by atoms with Gasteiger partial charge < -0.3 is 0 Å². The van der Waals surface area contributed by atoms with Gasteiger partial charge in [0.25, 0.3) is 0 Å². The van der Waals surface area contributed by atoms with Crippen LogP contribution >= 0.6 is 11.3 Å². The van der Waals surface area contributed by atoms with E-state index in [9.17, 15) is 19.7 Å². The largest absolute Gasteiger partial charge is 0.344 e. The van der Waals surface area contributed by atoms with Crippen molar-refractivity contribution >= 4 is 34.5 Å². The van der Waals surface area contributed by atoms with Crippen molar-refractivity contribution in [2.75, 3.05) is 6.54 Å². The van der Waals surface area contributed by atoms with Crippen LogP contribution in [0.1, 0.15) is 4.88 Å². The molecule has 0 atom stereocenters. The second kappa shape index (κ2) is 4.29. The molecule has 0 aliphatic carbocycles. The van der Waals surface area contributed by atoms with Gasteiger partial charge in [0, 0.05) is 6.07 Å². The van der Waals surface area contributed by atoms with Crippen molar-refractivity contribution in [1.82, 2.24) is 10.3 Å². The molecule has 2 heterocycles. The zero-order chi connectivity index (χ0) is 12.4. The van der Waals surface area contributed by atoms with E-state index >= 15 is 0 Å². The van der Waals surface area contributed by atoms with Crippen molar-refractivity contribution in [1.29, 1.82) is 0 Å². The number of amides is 3. The summed E-state index contributed by atoms with van der Waals surface area (Å²) >= 11 is 0.935. The second-order valence-electron chi connectivity index (χ2n) is 3.09. The maximum absolute atomic E-state index is 11.1. The fraction of sp³-hybridized carbons (Fsp3) is 0.125. The van der Waals surface area contributed by atoms with Crippen LogP contribution in [0.3, 0.4) is 0 Å². The minimum atomic E-state index is -0.600. The molecule has 3 amide bonds. The van der Waals surface area contributed by atoms with Crippen LogP contribution in [0.5, 0.6) is 0 Å². The van der Waals surface area contributed by atoms with Crippen LogP contribution in [0.25, 0.3) is 0 Å². The Hall–Kier alpha value is -2.29. The molecule has 8 nitrogen and oxygen atoms in total. The number of hydrazone groups is 1. The Kier molecular flexibility index (Phi) is 2.83. The van der Waals surface area contributed by atoms with E-state index in [0.29, 0.717) is 4.88 Å². The molecule has 1 aromatic heterocycles. The third-order valence-electron chi connectivity index (χ3n) is 1.89. The molecular weight excluding hydrogens is 248 g/mol. The van der Waals surface area contributed by atoms with Crippen LogP contribution in [0, 0.1) is 10.1 Å². The molecule has 1 N–H and O–H groups in total. The summed E-state index contributed by atoms with van der Waals surface area (Å²) in [4.78, 5) is 32.4. The first-order chi connectivity index (χ1) is 8.06. The summed E-state index contributed by atoms with van der Waals surface area (Å²) in [5, 5.41) is 17.2. The lowest BCUT2D eigenvalue weighted by Gasteiger charge is -2.02. The number of nitrogens with one attached hydrogen (secondary N) is 1. The Balaban J connectivity index is 2.07. The number of nitro groups is 1. The first-order valence-corrected chi connectivity index (χ1v) is 5.27. The Morgan fingerprint density at radius 1 is 1.53 bits per heavy atom. The fourth-order valence-corrected chi connectivity index (χ4v) is 1.85. The molecule has 1 aliphatic rings. The number of urea groups is 1. The van der Waals surface area contributed by atoms with Crippen molar-refractivity contribution in [2.24, 2.45) is 5.10 Å². The Morgan fingerprint density at radius 2 is 2.29 bits per heavy atom. The summed E-state index contributed by atoms with van der Waals surface area (Å²) in [6, 6.07) is 2.26. The van der Waals surface area contributed by atoms with Crippen molar-refractivity contribution in [3.8, 4) is 0 Å². The molecular formula is C8H6N4O4S. The molecule has 17 heavy (non-hydrogen) atoms. The van der Waals surface area contributed by atoms with Crippen molar-refractivity contribution in [3.63, 3.8) is 0 Å². The van der Waals surface area contributed by atoms with Crippen LogP contribution in [-0.2, 0) is 4.79 Å². The summed E-state index contributed by atoms with van der Waals surface area (Å²) in [6.07, 6.45) is 1.30. The van der Waals surface area contributed by atoms with Crippen molar-refractivity contribution in [3.05, 3.63) is 27.1 Å². The number of carbonyl (C=O) groups excluding carboxylic acids is 2. The van der Waals surface area contributed by atoms with Crippen LogP contribution in [0.15, 0.2) is 17.2 Å². The number of thiophene rings is 1. The topological polar surface area (TPSA) is 105 Å². The van der Waals surface area contributed by atoms with Gasteiger partial charge in [-0.15, -0.1) is 0 Å². The van der Waals surface area contributed by atoms with Crippen molar-refractivity contribution in [2.45, 2.75) is 0 Å². The highest BCUT2D eigenvalue weighted by molar-refractivity contribution is 7.16. The molecule has 0 unspecified atom stereocenters. The van der Waals surface area contributed by atoms with E-state index in [1.165, 1.54) is 18.3 Å². The Bertz CT molecular complexity index is 523. The molecule has 2 rings (SSSR count). The lowest BCUT2D eigenvalue weighted by atomic mass is 10.5. The molecule has 0 aromatic carbocycles. The summed E-state index contributed by atoms with van der Waals surface area (Å²) in [6.45, 7) is -0.136. The van der Waals surface area contributed by atoms with Gasteiger partial charge in [0.1, 0.15) is 6.54 Å². The van der Waals surface area contributed by atoms with E-state index in [-0.39, 0.29) is 11.5 Å². The second-order valence-corrected chi connectivity index (χ2v) is 4.18. The van der Waals surface area contributed by atoms with Crippen LogP contribution in [0.4, 0.5) is 9.80 Å². The fourth-order valence-electron chi connectivity index (χ4n) is 1.16. The first-order valence-electron chi connectivity index (χ1n) is 4.46. The SMILES string of the molecule is O=C1CN(N=Cc2ccc([N+](=O)[O-])s2)C(=O)N1. The summed E-state index contributed by atoms with van der Waals surface area (Å²) < 4.78 is 0. The summed E-state index contributed by atoms with van der Waals surface area (Å²) in [5.74, 6) is -0.427. The predicted molar refractivity (Wildman–Crippen MR) is 58.8 cm³/mol. The molecule has 0 bridgehead atoms. The zero-order valence-electron chi connectivity index (χ0n) is 8.32. The lowest BCUT2D eigenvalue weighted by molar-refractivity contribution is -0.380. The van der Waals surface area contributed by atoms with Gasteiger partial charge in [-0.05, 0) is 6.07 Å². The maximum atomic E-state index is 11.1. The summed E-state index contributed by atoms with van der Waals surface area (Å²) in [7, 11) is 0. The predicted octanol–water partition coefficient (Wildman–Crippen LogP) is 0.542. The van der Waals surface area contributed by atoms with Gasteiger partial charge in [-0.3, -0.25) is 20.2 Å². The molecule has 1 aliphatic heterocycles. The Labute approximate surface area is 98.7 Å². The van der Waals surface area contributed by atoms with Gasteiger partial charge in [-0.1, -0.05) is 11.3 Å². The molecule has 1 saturated heterocycles. The van der Waals surface area contributed by atoms with Gasteiger partial charge in [0.2, 0.25) is 5.91 Å². The van der Waals surface area contributed by atoms with E-state index in [0.717, 1.165) is 16.3 Å². The minimum Gasteiger partial charge on any atom is -0.275 e. The quantitative estimate of drug-likeness (QED) is 0.368. The van der Waals surface area contributed by atoms with E-state index in [2.05, 4.69) is 10.4 Å². The average molecular weight is 254 g/mol. The molecule has 1 fully saturated rings. The van der Waals surface area contributed by atoms with Gasteiger partial charge in [-0.2, -0.15) is 5.10 Å². The highest BCUT2D eigenvalue weighted by atomic mass is 32.1. The molecule has 0 saturated carbocycles. The molecule has 88 valence electrons. The number of nitrogens with zero attached hydrogens (tertiary/aromatic N) is 3. The number of carbonyl (C=O) groups is 2. The van der Waals surface area contributed by atoms with Crippen LogP contribution in [0.2, 0.25) is 0 Å². The highest BCUT2D eigenvalue weighted by Crippen LogP contribution is 2.22. The van der Waals surface area contributed by atoms with E-state index in [1.54, 1.807) is 0 Å². The highest BCUT2D eigenvalue weighted by Gasteiger charge is 2.25. The third kappa shape index (κ3) is 2.45. The third-order valence-corrected chi connectivity index (χ3v) is 2.86. The van der Waals surface area contributed by atoms with Crippen molar-refractivity contribution < 1.29 is 14.5 Å². The van der Waals surface area contributed by atoms with Crippen LogP contribution in [-0.4, -0.2) is 34.6 Å². The first kappa shape index (κ1) is 11.2. The average Bonchev–Trinajstić information content (AvgIpc) is 2.82. The van der Waals surface area contributed by atoms with E-state index in [1.807, 2.05) is 0 Å². The molecule has 0 radical (unpaired) electrons. The number of hydrogen-bond donors (Lipinski definition) is 1.